The Morgan fingerprint density at radius 1 is 1.07 bits per heavy atom. The van der Waals surface area contributed by atoms with Gasteiger partial charge >= 0.3 is 0 Å². The van der Waals surface area contributed by atoms with Gasteiger partial charge < -0.3 is 4.74 Å². The molecule has 0 amide bonds. The molecular weight excluding hydrogens is 336 g/mol. The molecule has 3 nitrogen and oxygen atoms in total. The standard InChI is InChI=1S/C24H30O3/c1-4-5-7-18(2)8-6-15-27-22-13-14-23(19(3)16-22)24(26)21-11-9-20(17-25)10-12-21/h9-14,16-18H,4-8,15H2,1-3H3/t18-/m1/s1. The largest absolute Gasteiger partial charge is 0.494 e. The van der Waals surface area contributed by atoms with Gasteiger partial charge in [0.15, 0.2) is 5.78 Å². The van der Waals surface area contributed by atoms with E-state index in [4.69, 9.17) is 4.74 Å². The highest BCUT2D eigenvalue weighted by atomic mass is 16.5. The van der Waals surface area contributed by atoms with Crippen LogP contribution in [0.4, 0.5) is 0 Å². The molecule has 0 saturated carbocycles. The van der Waals surface area contributed by atoms with E-state index in [2.05, 4.69) is 13.8 Å². The van der Waals surface area contributed by atoms with Crippen molar-refractivity contribution in [2.75, 3.05) is 6.61 Å². The third-order valence-electron chi connectivity index (χ3n) is 4.91. The minimum absolute atomic E-state index is 0.0405. The second-order valence-corrected chi connectivity index (χ2v) is 7.28. The molecule has 2 rings (SSSR count). The Balaban J connectivity index is 1.90. The van der Waals surface area contributed by atoms with Gasteiger partial charge in [-0.05, 0) is 49.4 Å². The van der Waals surface area contributed by atoms with Crippen LogP contribution in [0, 0.1) is 12.8 Å². The smallest absolute Gasteiger partial charge is 0.193 e. The summed E-state index contributed by atoms with van der Waals surface area (Å²) in [6, 6.07) is 12.3. The van der Waals surface area contributed by atoms with Crippen LogP contribution in [-0.2, 0) is 0 Å². The first-order valence-electron chi connectivity index (χ1n) is 9.88. The van der Waals surface area contributed by atoms with E-state index in [-0.39, 0.29) is 5.78 Å². The summed E-state index contributed by atoms with van der Waals surface area (Å²) in [5, 5.41) is 0. The zero-order valence-electron chi connectivity index (χ0n) is 16.7. The molecule has 0 spiro atoms. The van der Waals surface area contributed by atoms with Crippen LogP contribution >= 0.6 is 0 Å². The van der Waals surface area contributed by atoms with Crippen LogP contribution in [0.2, 0.25) is 0 Å². The molecule has 0 aromatic heterocycles. The number of ether oxygens (including phenoxy) is 1. The van der Waals surface area contributed by atoms with Crippen LogP contribution in [0.3, 0.4) is 0 Å². The van der Waals surface area contributed by atoms with Gasteiger partial charge in [-0.2, -0.15) is 0 Å². The molecular formula is C24H30O3. The predicted octanol–water partition coefficient (Wildman–Crippen LogP) is 6.02. The van der Waals surface area contributed by atoms with Crippen molar-refractivity contribution in [3.05, 3.63) is 64.7 Å². The highest BCUT2D eigenvalue weighted by molar-refractivity contribution is 6.10. The van der Waals surface area contributed by atoms with Gasteiger partial charge in [0, 0.05) is 16.7 Å². The second kappa shape index (κ2) is 10.7. The lowest BCUT2D eigenvalue weighted by atomic mass is 9.98. The molecule has 0 saturated heterocycles. The molecule has 0 fully saturated rings. The Labute approximate surface area is 162 Å². The number of carbonyl (C=O) groups excluding carboxylic acids is 2. The minimum atomic E-state index is -0.0405. The number of unbranched alkanes of at least 4 members (excludes halogenated alkanes) is 1. The lowest BCUT2D eigenvalue weighted by molar-refractivity contribution is 0.103. The van der Waals surface area contributed by atoms with Gasteiger partial charge in [-0.1, -0.05) is 57.4 Å². The van der Waals surface area contributed by atoms with E-state index in [0.717, 1.165) is 29.9 Å². The van der Waals surface area contributed by atoms with Gasteiger partial charge in [-0.25, -0.2) is 0 Å². The molecule has 0 aliphatic rings. The normalized spacial score (nSPS) is 11.8. The molecule has 144 valence electrons. The summed E-state index contributed by atoms with van der Waals surface area (Å²) in [7, 11) is 0. The molecule has 0 bridgehead atoms. The molecule has 27 heavy (non-hydrogen) atoms. The number of hydrogen-bond acceptors (Lipinski definition) is 3. The van der Waals surface area contributed by atoms with Crippen LogP contribution in [0.1, 0.15) is 77.8 Å². The Bertz CT molecular complexity index is 747. The number of ketones is 1. The molecule has 0 aliphatic carbocycles. The molecule has 0 unspecified atom stereocenters. The van der Waals surface area contributed by atoms with Crippen LogP contribution in [-0.4, -0.2) is 18.7 Å². The summed E-state index contributed by atoms with van der Waals surface area (Å²) >= 11 is 0. The maximum absolute atomic E-state index is 12.7. The fraction of sp³-hybridized carbons (Fsp3) is 0.417. The van der Waals surface area contributed by atoms with E-state index in [1.165, 1.54) is 25.7 Å². The lowest BCUT2D eigenvalue weighted by Gasteiger charge is -2.12. The first-order chi connectivity index (χ1) is 13.0. The van der Waals surface area contributed by atoms with Gasteiger partial charge in [-0.3, -0.25) is 9.59 Å². The summed E-state index contributed by atoms with van der Waals surface area (Å²) in [5.74, 6) is 1.52. The van der Waals surface area contributed by atoms with E-state index in [0.29, 0.717) is 23.3 Å². The van der Waals surface area contributed by atoms with Gasteiger partial charge in [0.1, 0.15) is 12.0 Å². The van der Waals surface area contributed by atoms with Crippen LogP contribution in [0.15, 0.2) is 42.5 Å². The van der Waals surface area contributed by atoms with E-state index in [9.17, 15) is 9.59 Å². The van der Waals surface area contributed by atoms with Crippen LogP contribution < -0.4 is 4.74 Å². The number of hydrogen-bond donors (Lipinski definition) is 0. The van der Waals surface area contributed by atoms with Gasteiger partial charge in [0.2, 0.25) is 0 Å². The Morgan fingerprint density at radius 2 is 1.78 bits per heavy atom. The summed E-state index contributed by atoms with van der Waals surface area (Å²) in [4.78, 5) is 23.4. The maximum atomic E-state index is 12.7. The van der Waals surface area contributed by atoms with E-state index >= 15 is 0 Å². The van der Waals surface area contributed by atoms with Crippen molar-refractivity contribution in [2.24, 2.45) is 5.92 Å². The van der Waals surface area contributed by atoms with Crippen molar-refractivity contribution in [3.63, 3.8) is 0 Å². The summed E-state index contributed by atoms with van der Waals surface area (Å²) in [6.07, 6.45) is 6.86. The Morgan fingerprint density at radius 3 is 2.41 bits per heavy atom. The minimum Gasteiger partial charge on any atom is -0.494 e. The lowest BCUT2D eigenvalue weighted by Crippen LogP contribution is -2.05. The average Bonchev–Trinajstić information content (AvgIpc) is 2.69. The number of benzene rings is 2. The quantitative estimate of drug-likeness (QED) is 0.277. The number of aldehydes is 1. The molecule has 2 aromatic carbocycles. The molecule has 0 N–H and O–H groups in total. The molecule has 2 aromatic rings. The number of carbonyl (C=O) groups is 2. The van der Waals surface area contributed by atoms with Crippen molar-refractivity contribution in [1.82, 2.24) is 0 Å². The maximum Gasteiger partial charge on any atom is 0.193 e. The number of rotatable bonds is 11. The molecule has 1 atom stereocenters. The zero-order chi connectivity index (χ0) is 19.6. The monoisotopic (exact) mass is 366 g/mol. The predicted molar refractivity (Wildman–Crippen MR) is 110 cm³/mol. The summed E-state index contributed by atoms with van der Waals surface area (Å²) < 4.78 is 5.86. The Hall–Kier alpha value is -2.42. The zero-order valence-corrected chi connectivity index (χ0v) is 16.7. The highest BCUT2D eigenvalue weighted by Gasteiger charge is 2.12. The summed E-state index contributed by atoms with van der Waals surface area (Å²) in [5.41, 5.74) is 2.71. The fourth-order valence-electron chi connectivity index (χ4n) is 3.17. The van der Waals surface area contributed by atoms with Crippen molar-refractivity contribution in [2.45, 2.75) is 52.9 Å². The molecule has 0 aliphatic heterocycles. The SMILES string of the molecule is CCCC[C@@H](C)CCCOc1ccc(C(=O)c2ccc(C=O)cc2)c(C)c1. The third-order valence-corrected chi connectivity index (χ3v) is 4.91. The first-order valence-corrected chi connectivity index (χ1v) is 9.88. The van der Waals surface area contributed by atoms with Gasteiger partial charge in [-0.15, -0.1) is 0 Å². The van der Waals surface area contributed by atoms with Crippen molar-refractivity contribution < 1.29 is 14.3 Å². The van der Waals surface area contributed by atoms with Crippen molar-refractivity contribution >= 4 is 12.1 Å². The van der Waals surface area contributed by atoms with Crippen LogP contribution in [0.5, 0.6) is 5.75 Å². The van der Waals surface area contributed by atoms with Gasteiger partial charge in [0.05, 0.1) is 6.61 Å². The third kappa shape index (κ3) is 6.35. The summed E-state index contributed by atoms with van der Waals surface area (Å²) in [6.45, 7) is 7.16. The molecule has 0 radical (unpaired) electrons. The highest BCUT2D eigenvalue weighted by Crippen LogP contribution is 2.21. The van der Waals surface area contributed by atoms with E-state index in [1.807, 2.05) is 25.1 Å². The second-order valence-electron chi connectivity index (χ2n) is 7.28. The van der Waals surface area contributed by atoms with E-state index < -0.39 is 0 Å². The molecule has 0 heterocycles. The fourth-order valence-corrected chi connectivity index (χ4v) is 3.17. The van der Waals surface area contributed by atoms with Gasteiger partial charge in [0.25, 0.3) is 0 Å². The van der Waals surface area contributed by atoms with Crippen LogP contribution in [0.25, 0.3) is 0 Å². The average molecular weight is 367 g/mol. The van der Waals surface area contributed by atoms with Crippen molar-refractivity contribution in [3.8, 4) is 5.75 Å². The number of aryl methyl sites for hydroxylation is 1. The first kappa shape index (κ1) is 20.9. The van der Waals surface area contributed by atoms with Crippen molar-refractivity contribution in [1.29, 1.82) is 0 Å². The Kier molecular flexibility index (Phi) is 8.25. The van der Waals surface area contributed by atoms with E-state index in [1.54, 1.807) is 24.3 Å². The topological polar surface area (TPSA) is 43.4 Å². The molecule has 3 heteroatoms.